The highest BCUT2D eigenvalue weighted by Crippen LogP contribution is 2.07. The van der Waals surface area contributed by atoms with Gasteiger partial charge in [-0.1, -0.05) is 12.1 Å². The molecule has 1 aliphatic heterocycles. The molecule has 2 N–H and O–H groups in total. The van der Waals surface area contributed by atoms with Gasteiger partial charge in [0.2, 0.25) is 5.91 Å². The molecule has 0 atom stereocenters. The number of amides is 1. The van der Waals surface area contributed by atoms with Gasteiger partial charge in [0, 0.05) is 26.2 Å². The summed E-state index contributed by atoms with van der Waals surface area (Å²) in [5, 5.41) is 6.30. The summed E-state index contributed by atoms with van der Waals surface area (Å²) in [5.41, 5.74) is 0.932. The van der Waals surface area contributed by atoms with E-state index in [1.165, 1.54) is 12.1 Å². The summed E-state index contributed by atoms with van der Waals surface area (Å²) in [6, 6.07) is 6.57. The number of aliphatic imine (C=N–C) groups is 1. The van der Waals surface area contributed by atoms with Crippen LogP contribution in [-0.2, 0) is 11.2 Å². The van der Waals surface area contributed by atoms with Crippen LogP contribution in [-0.4, -0.2) is 49.5 Å². The number of hydrogen-bond acceptors (Lipinski definition) is 2. The van der Waals surface area contributed by atoms with Crippen LogP contribution in [0.2, 0.25) is 0 Å². The fourth-order valence-corrected chi connectivity index (χ4v) is 2.57. The van der Waals surface area contributed by atoms with Crippen LogP contribution in [0, 0.1) is 5.82 Å². The van der Waals surface area contributed by atoms with E-state index in [0.29, 0.717) is 18.9 Å². The van der Waals surface area contributed by atoms with Gasteiger partial charge in [-0.15, -0.1) is 24.0 Å². The first kappa shape index (κ1) is 20.7. The van der Waals surface area contributed by atoms with Gasteiger partial charge in [-0.2, -0.15) is 0 Å². The number of rotatable bonds is 6. The molecule has 1 aromatic rings. The summed E-state index contributed by atoms with van der Waals surface area (Å²) in [7, 11) is 0. The zero-order chi connectivity index (χ0) is 16.5. The maximum absolute atomic E-state index is 13.1. The van der Waals surface area contributed by atoms with E-state index in [0.717, 1.165) is 38.0 Å². The lowest BCUT2D eigenvalue weighted by molar-refractivity contribution is -0.128. The van der Waals surface area contributed by atoms with Crippen LogP contribution in [0.1, 0.15) is 25.3 Å². The first-order chi connectivity index (χ1) is 11.2. The fraction of sp³-hybridized carbons (Fsp3) is 0.529. The summed E-state index contributed by atoms with van der Waals surface area (Å²) < 4.78 is 13.1. The van der Waals surface area contributed by atoms with Crippen molar-refractivity contribution in [3.05, 3.63) is 35.6 Å². The number of carbonyl (C=O) groups excluding carboxylic acids is 1. The third kappa shape index (κ3) is 7.02. The lowest BCUT2D eigenvalue weighted by Gasteiger charge is -2.15. The van der Waals surface area contributed by atoms with E-state index in [-0.39, 0.29) is 42.2 Å². The van der Waals surface area contributed by atoms with Crippen molar-refractivity contribution < 1.29 is 9.18 Å². The minimum atomic E-state index is -0.223. The molecular formula is C17H26FIN4O. The molecule has 0 spiro atoms. The molecule has 0 aliphatic carbocycles. The lowest BCUT2D eigenvalue weighted by Crippen LogP contribution is -2.39. The van der Waals surface area contributed by atoms with Crippen molar-refractivity contribution in [1.29, 1.82) is 0 Å². The number of halogens is 2. The van der Waals surface area contributed by atoms with Crippen molar-refractivity contribution in [3.8, 4) is 0 Å². The maximum Gasteiger partial charge on any atom is 0.244 e. The summed E-state index contributed by atoms with van der Waals surface area (Å²) in [5.74, 6) is 0.473. The lowest BCUT2D eigenvalue weighted by atomic mass is 10.1. The summed E-state index contributed by atoms with van der Waals surface area (Å²) in [4.78, 5) is 18.2. The summed E-state index contributed by atoms with van der Waals surface area (Å²) in [6.07, 6.45) is 2.87. The van der Waals surface area contributed by atoms with Gasteiger partial charge in [-0.05, 0) is 43.9 Å². The van der Waals surface area contributed by atoms with Gasteiger partial charge in [0.25, 0.3) is 0 Å². The molecule has 1 amide bonds. The van der Waals surface area contributed by atoms with Crippen molar-refractivity contribution >= 4 is 35.8 Å². The van der Waals surface area contributed by atoms with Crippen LogP contribution in [0.25, 0.3) is 0 Å². The van der Waals surface area contributed by atoms with Gasteiger partial charge >= 0.3 is 0 Å². The standard InChI is InChI=1S/C17H25FN4O.HI/c1-2-19-17(21-13-16(23)22-10-3-4-11-22)20-9-8-14-6-5-7-15(18)12-14;/h5-7,12H,2-4,8-11,13H2,1H3,(H2,19,20,21);1H. The van der Waals surface area contributed by atoms with E-state index in [9.17, 15) is 9.18 Å². The third-order valence-corrected chi connectivity index (χ3v) is 3.77. The fourth-order valence-electron chi connectivity index (χ4n) is 2.57. The van der Waals surface area contributed by atoms with Crippen LogP contribution in [0.4, 0.5) is 4.39 Å². The molecule has 1 aromatic carbocycles. The molecule has 0 unspecified atom stereocenters. The number of hydrogen-bond donors (Lipinski definition) is 2. The molecule has 0 bridgehead atoms. The van der Waals surface area contributed by atoms with Crippen LogP contribution in [0.15, 0.2) is 29.3 Å². The predicted molar refractivity (Wildman–Crippen MR) is 105 cm³/mol. The molecule has 7 heteroatoms. The van der Waals surface area contributed by atoms with Crippen LogP contribution in [0.3, 0.4) is 0 Å². The molecule has 1 heterocycles. The quantitative estimate of drug-likeness (QED) is 0.399. The van der Waals surface area contributed by atoms with E-state index in [1.807, 2.05) is 17.9 Å². The zero-order valence-corrected chi connectivity index (χ0v) is 16.4. The van der Waals surface area contributed by atoms with Crippen LogP contribution < -0.4 is 10.6 Å². The van der Waals surface area contributed by atoms with E-state index in [2.05, 4.69) is 15.6 Å². The second-order valence-electron chi connectivity index (χ2n) is 5.59. The smallest absolute Gasteiger partial charge is 0.244 e. The predicted octanol–water partition coefficient (Wildman–Crippen LogP) is 2.16. The molecule has 1 fully saturated rings. The number of carbonyl (C=O) groups is 1. The van der Waals surface area contributed by atoms with Gasteiger partial charge in [-0.25, -0.2) is 9.38 Å². The summed E-state index contributed by atoms with van der Waals surface area (Å²) in [6.45, 7) is 5.19. The number of guanidine groups is 1. The molecule has 0 aromatic heterocycles. The van der Waals surface area contributed by atoms with Crippen molar-refractivity contribution in [2.45, 2.75) is 26.2 Å². The Morgan fingerprint density at radius 3 is 2.71 bits per heavy atom. The Morgan fingerprint density at radius 1 is 1.29 bits per heavy atom. The number of nitrogens with one attached hydrogen (secondary N) is 2. The second kappa shape index (κ2) is 11.2. The summed E-state index contributed by atoms with van der Waals surface area (Å²) >= 11 is 0. The van der Waals surface area contributed by atoms with Crippen molar-refractivity contribution in [2.75, 3.05) is 32.7 Å². The minimum absolute atomic E-state index is 0. The normalized spacial score (nSPS) is 14.2. The highest BCUT2D eigenvalue weighted by atomic mass is 127. The minimum Gasteiger partial charge on any atom is -0.357 e. The molecule has 134 valence electrons. The van der Waals surface area contributed by atoms with Gasteiger partial charge < -0.3 is 15.5 Å². The maximum atomic E-state index is 13.1. The number of benzene rings is 1. The van der Waals surface area contributed by atoms with Gasteiger partial charge in [-0.3, -0.25) is 4.79 Å². The largest absolute Gasteiger partial charge is 0.357 e. The Balaban J connectivity index is 0.00000288. The average Bonchev–Trinajstić information content (AvgIpc) is 3.07. The first-order valence-corrected chi connectivity index (χ1v) is 8.23. The molecular weight excluding hydrogens is 422 g/mol. The second-order valence-corrected chi connectivity index (χ2v) is 5.59. The molecule has 1 aliphatic rings. The van der Waals surface area contributed by atoms with Gasteiger partial charge in [0.15, 0.2) is 5.96 Å². The molecule has 2 rings (SSSR count). The van der Waals surface area contributed by atoms with E-state index in [4.69, 9.17) is 0 Å². The van der Waals surface area contributed by atoms with E-state index >= 15 is 0 Å². The number of nitrogens with zero attached hydrogens (tertiary/aromatic N) is 2. The Kier molecular flexibility index (Phi) is 9.66. The van der Waals surface area contributed by atoms with Gasteiger partial charge in [0.1, 0.15) is 12.4 Å². The Morgan fingerprint density at radius 2 is 2.04 bits per heavy atom. The monoisotopic (exact) mass is 448 g/mol. The van der Waals surface area contributed by atoms with Crippen LogP contribution in [0.5, 0.6) is 0 Å². The average molecular weight is 448 g/mol. The van der Waals surface area contributed by atoms with Gasteiger partial charge in [0.05, 0.1) is 0 Å². The van der Waals surface area contributed by atoms with Crippen LogP contribution >= 0.6 is 24.0 Å². The zero-order valence-electron chi connectivity index (χ0n) is 14.1. The van der Waals surface area contributed by atoms with E-state index in [1.54, 1.807) is 6.07 Å². The van der Waals surface area contributed by atoms with E-state index < -0.39 is 0 Å². The molecule has 24 heavy (non-hydrogen) atoms. The van der Waals surface area contributed by atoms with Crippen molar-refractivity contribution in [2.24, 2.45) is 4.99 Å². The van der Waals surface area contributed by atoms with Crippen molar-refractivity contribution in [3.63, 3.8) is 0 Å². The molecule has 5 nitrogen and oxygen atoms in total. The first-order valence-electron chi connectivity index (χ1n) is 8.23. The Hall–Kier alpha value is -1.38. The number of likely N-dealkylation sites (tertiary alicyclic amines) is 1. The molecule has 1 saturated heterocycles. The Bertz CT molecular complexity index is 547. The SMILES string of the molecule is CCNC(=NCC(=O)N1CCCC1)NCCc1cccc(F)c1.I. The topological polar surface area (TPSA) is 56.7 Å². The molecule has 0 saturated carbocycles. The highest BCUT2D eigenvalue weighted by molar-refractivity contribution is 14.0. The van der Waals surface area contributed by atoms with Crippen molar-refractivity contribution in [1.82, 2.24) is 15.5 Å². The highest BCUT2D eigenvalue weighted by Gasteiger charge is 2.17. The third-order valence-electron chi connectivity index (χ3n) is 3.77. The Labute approximate surface area is 160 Å². The molecule has 0 radical (unpaired) electrons.